The van der Waals surface area contributed by atoms with Gasteiger partial charge in [0, 0.05) is 23.5 Å². The van der Waals surface area contributed by atoms with E-state index in [4.69, 9.17) is 4.98 Å². The summed E-state index contributed by atoms with van der Waals surface area (Å²) in [6.45, 7) is 0. The fourth-order valence-electron chi connectivity index (χ4n) is 3.94. The fraction of sp³-hybridized carbons (Fsp3) is 0. The van der Waals surface area contributed by atoms with E-state index in [-0.39, 0.29) is 0 Å². The highest BCUT2D eigenvalue weighted by molar-refractivity contribution is 5.73. The lowest BCUT2D eigenvalue weighted by Crippen LogP contribution is -1.97. The molecule has 5 heteroatoms. The molecule has 152 valence electrons. The Morgan fingerprint density at radius 3 is 2.06 bits per heavy atom. The maximum absolute atomic E-state index is 4.87. The molecule has 0 radical (unpaired) electrons. The minimum Gasteiger partial charge on any atom is -0.306 e. The second-order valence-corrected chi connectivity index (χ2v) is 7.61. The van der Waals surface area contributed by atoms with E-state index in [2.05, 4.69) is 69.6 Å². The number of nitrogens with zero attached hydrogens (tertiary/aromatic N) is 5. The molecule has 0 fully saturated rings. The normalized spacial score (nSPS) is 11.1. The standard InChI is InChI=1S/C27H19N5/c1-3-9-20(10-4-1)22-15-16-27-28-25(18-31(27)17-22)23-13-7-8-14-26(23)32-19-24(29-30-32)21-11-5-2-6-12-21/h1-19H. The molecule has 0 aliphatic carbocycles. The molecule has 0 aliphatic rings. The van der Waals surface area contributed by atoms with E-state index in [1.54, 1.807) is 0 Å². The molecule has 0 aliphatic heterocycles. The Morgan fingerprint density at radius 2 is 1.25 bits per heavy atom. The smallest absolute Gasteiger partial charge is 0.137 e. The van der Waals surface area contributed by atoms with E-state index in [0.29, 0.717) is 0 Å². The van der Waals surface area contributed by atoms with Crippen LogP contribution in [0.5, 0.6) is 0 Å². The van der Waals surface area contributed by atoms with Crippen LogP contribution in [-0.4, -0.2) is 24.4 Å². The number of aromatic nitrogens is 5. The highest BCUT2D eigenvalue weighted by Gasteiger charge is 2.13. The molecule has 3 aromatic carbocycles. The molecule has 3 aromatic heterocycles. The lowest BCUT2D eigenvalue weighted by Gasteiger charge is -2.06. The van der Waals surface area contributed by atoms with Crippen molar-refractivity contribution >= 4 is 5.65 Å². The first kappa shape index (κ1) is 18.3. The molecule has 6 rings (SSSR count). The maximum atomic E-state index is 4.87. The van der Waals surface area contributed by atoms with E-state index in [1.807, 2.05) is 65.5 Å². The zero-order valence-electron chi connectivity index (χ0n) is 17.2. The largest absolute Gasteiger partial charge is 0.306 e. The number of rotatable bonds is 4. The zero-order valence-corrected chi connectivity index (χ0v) is 17.2. The summed E-state index contributed by atoms with van der Waals surface area (Å²) >= 11 is 0. The second-order valence-electron chi connectivity index (χ2n) is 7.61. The van der Waals surface area contributed by atoms with Crippen molar-refractivity contribution in [2.24, 2.45) is 0 Å². The number of fused-ring (bicyclic) bond motifs is 1. The number of para-hydroxylation sites is 1. The van der Waals surface area contributed by atoms with Gasteiger partial charge in [0.05, 0.1) is 17.6 Å². The number of hydrogen-bond donors (Lipinski definition) is 0. The SMILES string of the molecule is c1ccc(-c2ccc3nc(-c4ccccc4-n4cc(-c5ccccc5)nn4)cn3c2)cc1. The Balaban J connectivity index is 1.42. The topological polar surface area (TPSA) is 48.0 Å². The van der Waals surface area contributed by atoms with Gasteiger partial charge in [-0.15, -0.1) is 5.10 Å². The molecule has 0 amide bonds. The highest BCUT2D eigenvalue weighted by Crippen LogP contribution is 2.28. The molecule has 3 heterocycles. The van der Waals surface area contributed by atoms with Crippen LogP contribution in [0, 0.1) is 0 Å². The van der Waals surface area contributed by atoms with Crippen LogP contribution in [0.1, 0.15) is 0 Å². The van der Waals surface area contributed by atoms with Crippen LogP contribution >= 0.6 is 0 Å². The summed E-state index contributed by atoms with van der Waals surface area (Å²) in [5, 5.41) is 8.76. The van der Waals surface area contributed by atoms with Gasteiger partial charge >= 0.3 is 0 Å². The van der Waals surface area contributed by atoms with Gasteiger partial charge in [0.2, 0.25) is 0 Å². The van der Waals surface area contributed by atoms with Gasteiger partial charge in [-0.2, -0.15) is 0 Å². The average molecular weight is 413 g/mol. The van der Waals surface area contributed by atoms with Gasteiger partial charge in [-0.25, -0.2) is 9.67 Å². The number of hydrogen-bond acceptors (Lipinski definition) is 3. The summed E-state index contributed by atoms with van der Waals surface area (Å²) in [5.74, 6) is 0. The Bertz CT molecular complexity index is 1510. The van der Waals surface area contributed by atoms with Crippen molar-refractivity contribution in [1.82, 2.24) is 24.4 Å². The van der Waals surface area contributed by atoms with Gasteiger partial charge in [0.15, 0.2) is 0 Å². The van der Waals surface area contributed by atoms with Crippen LogP contribution in [-0.2, 0) is 0 Å². The summed E-state index contributed by atoms with van der Waals surface area (Å²) in [5.41, 5.74) is 7.94. The molecule has 32 heavy (non-hydrogen) atoms. The van der Waals surface area contributed by atoms with E-state index in [1.165, 1.54) is 5.56 Å². The van der Waals surface area contributed by atoms with Crippen LogP contribution in [0.2, 0.25) is 0 Å². The van der Waals surface area contributed by atoms with Crippen molar-refractivity contribution < 1.29 is 0 Å². The van der Waals surface area contributed by atoms with Crippen LogP contribution < -0.4 is 0 Å². The Labute approximate surface area is 185 Å². The average Bonchev–Trinajstić information content (AvgIpc) is 3.52. The monoisotopic (exact) mass is 413 g/mol. The molecule has 0 saturated carbocycles. The van der Waals surface area contributed by atoms with Gasteiger partial charge < -0.3 is 4.40 Å². The molecule has 0 atom stereocenters. The van der Waals surface area contributed by atoms with Gasteiger partial charge in [-0.05, 0) is 29.3 Å². The Kier molecular flexibility index (Phi) is 4.36. The number of benzene rings is 3. The molecule has 6 aromatic rings. The van der Waals surface area contributed by atoms with Crippen molar-refractivity contribution in [1.29, 1.82) is 0 Å². The van der Waals surface area contributed by atoms with Crippen LogP contribution in [0.15, 0.2) is 116 Å². The minimum absolute atomic E-state index is 0.836. The number of imidazole rings is 1. The van der Waals surface area contributed by atoms with Crippen molar-refractivity contribution in [2.75, 3.05) is 0 Å². The quantitative estimate of drug-likeness (QED) is 0.361. The van der Waals surface area contributed by atoms with Crippen molar-refractivity contribution in [3.8, 4) is 39.3 Å². The summed E-state index contributed by atoms with van der Waals surface area (Å²) in [7, 11) is 0. The lowest BCUT2D eigenvalue weighted by atomic mass is 10.1. The van der Waals surface area contributed by atoms with E-state index < -0.39 is 0 Å². The van der Waals surface area contributed by atoms with Crippen molar-refractivity contribution in [3.63, 3.8) is 0 Å². The first-order valence-corrected chi connectivity index (χ1v) is 10.5. The first-order valence-electron chi connectivity index (χ1n) is 10.5. The van der Waals surface area contributed by atoms with Gasteiger partial charge in [0.1, 0.15) is 11.3 Å². The third-order valence-electron chi connectivity index (χ3n) is 5.55. The predicted molar refractivity (Wildman–Crippen MR) is 126 cm³/mol. The second kappa shape index (κ2) is 7.63. The first-order chi connectivity index (χ1) is 15.8. The predicted octanol–water partition coefficient (Wildman–Crippen LogP) is 5.92. The Morgan fingerprint density at radius 1 is 0.531 bits per heavy atom. The molecule has 0 spiro atoms. The molecular formula is C27H19N5. The van der Waals surface area contributed by atoms with Gasteiger partial charge in [-0.1, -0.05) is 84.1 Å². The maximum Gasteiger partial charge on any atom is 0.137 e. The Hall–Kier alpha value is -4.51. The molecule has 0 saturated heterocycles. The third kappa shape index (κ3) is 3.26. The van der Waals surface area contributed by atoms with Gasteiger partial charge in [0.25, 0.3) is 0 Å². The summed E-state index contributed by atoms with van der Waals surface area (Å²) in [6.07, 6.45) is 6.14. The summed E-state index contributed by atoms with van der Waals surface area (Å²) in [4.78, 5) is 4.87. The van der Waals surface area contributed by atoms with Crippen LogP contribution in [0.3, 0.4) is 0 Å². The van der Waals surface area contributed by atoms with E-state index >= 15 is 0 Å². The van der Waals surface area contributed by atoms with Crippen LogP contribution in [0.25, 0.3) is 45.0 Å². The van der Waals surface area contributed by atoms with E-state index in [0.717, 1.165) is 39.4 Å². The van der Waals surface area contributed by atoms with Crippen molar-refractivity contribution in [3.05, 3.63) is 116 Å². The summed E-state index contributed by atoms with van der Waals surface area (Å²) < 4.78 is 3.89. The van der Waals surface area contributed by atoms with E-state index in [9.17, 15) is 0 Å². The molecule has 0 N–H and O–H groups in total. The lowest BCUT2D eigenvalue weighted by molar-refractivity contribution is 0.805. The van der Waals surface area contributed by atoms with Crippen LogP contribution in [0.4, 0.5) is 0 Å². The van der Waals surface area contributed by atoms with Gasteiger partial charge in [-0.3, -0.25) is 0 Å². The molecule has 0 bridgehead atoms. The summed E-state index contributed by atoms with van der Waals surface area (Å²) in [6, 6.07) is 32.7. The molecule has 0 unspecified atom stereocenters. The number of pyridine rings is 1. The fourth-order valence-corrected chi connectivity index (χ4v) is 3.94. The minimum atomic E-state index is 0.836. The molecular weight excluding hydrogens is 394 g/mol. The van der Waals surface area contributed by atoms with Crippen molar-refractivity contribution in [2.45, 2.75) is 0 Å². The molecule has 5 nitrogen and oxygen atoms in total. The highest BCUT2D eigenvalue weighted by atomic mass is 15.4. The third-order valence-corrected chi connectivity index (χ3v) is 5.55. The zero-order chi connectivity index (χ0) is 21.3.